The molecule has 7 heteroatoms. The van der Waals surface area contributed by atoms with E-state index < -0.39 is 17.5 Å². The van der Waals surface area contributed by atoms with E-state index in [9.17, 15) is 13.6 Å². The van der Waals surface area contributed by atoms with Crippen molar-refractivity contribution in [3.8, 4) is 0 Å². The Morgan fingerprint density at radius 3 is 2.48 bits per heavy atom. The van der Waals surface area contributed by atoms with Crippen LogP contribution in [-0.4, -0.2) is 5.91 Å². The minimum atomic E-state index is -0.857. The number of carbonyl (C=O) groups excluding carboxylic acids is 1. The first-order chi connectivity index (χ1) is 9.79. The zero-order valence-electron chi connectivity index (χ0n) is 10.8. The van der Waals surface area contributed by atoms with E-state index in [2.05, 4.69) is 37.2 Å². The second-order valence-corrected chi connectivity index (χ2v) is 6.14. The third-order valence-electron chi connectivity index (χ3n) is 2.92. The summed E-state index contributed by atoms with van der Waals surface area (Å²) in [6.07, 6.45) is 0. The first-order valence-corrected chi connectivity index (χ1v) is 7.39. The van der Waals surface area contributed by atoms with Gasteiger partial charge in [-0.1, -0.05) is 15.9 Å². The molecule has 0 saturated heterocycles. The molecule has 2 rings (SSSR count). The van der Waals surface area contributed by atoms with Crippen molar-refractivity contribution in [1.82, 2.24) is 0 Å². The van der Waals surface area contributed by atoms with Crippen LogP contribution in [0.15, 0.2) is 33.2 Å². The molecule has 21 heavy (non-hydrogen) atoms. The molecule has 0 saturated carbocycles. The van der Waals surface area contributed by atoms with E-state index in [1.807, 2.05) is 0 Å². The lowest BCUT2D eigenvalue weighted by Crippen LogP contribution is -2.15. The summed E-state index contributed by atoms with van der Waals surface area (Å²) in [5.41, 5.74) is 6.99. The summed E-state index contributed by atoms with van der Waals surface area (Å²) >= 11 is 6.19. The van der Waals surface area contributed by atoms with Crippen LogP contribution in [0.5, 0.6) is 0 Å². The van der Waals surface area contributed by atoms with Crippen molar-refractivity contribution in [2.45, 2.75) is 6.92 Å². The Balaban J connectivity index is 2.37. The summed E-state index contributed by atoms with van der Waals surface area (Å²) in [4.78, 5) is 12.2. The molecule has 3 nitrogen and oxygen atoms in total. The summed E-state index contributed by atoms with van der Waals surface area (Å²) in [6.45, 7) is 1.69. The number of amides is 1. The molecule has 0 fully saturated rings. The number of hydrogen-bond donors (Lipinski definition) is 2. The van der Waals surface area contributed by atoms with E-state index in [1.165, 1.54) is 6.07 Å². The number of halogens is 4. The Morgan fingerprint density at radius 1 is 1.14 bits per heavy atom. The minimum Gasteiger partial charge on any atom is -0.398 e. The summed E-state index contributed by atoms with van der Waals surface area (Å²) < 4.78 is 27.5. The number of nitrogens with one attached hydrogen (secondary N) is 1. The maximum absolute atomic E-state index is 13.7. The average Bonchev–Trinajstić information content (AvgIpc) is 2.40. The number of nitrogen functional groups attached to an aromatic ring is 1. The lowest BCUT2D eigenvalue weighted by molar-refractivity contribution is 0.102. The number of hydrogen-bond acceptors (Lipinski definition) is 2. The average molecular weight is 420 g/mol. The van der Waals surface area contributed by atoms with Gasteiger partial charge in [0.05, 0.1) is 10.2 Å². The van der Waals surface area contributed by atoms with E-state index in [0.717, 1.165) is 0 Å². The van der Waals surface area contributed by atoms with Crippen molar-refractivity contribution in [3.05, 3.63) is 56.0 Å². The molecule has 3 N–H and O–H groups in total. The van der Waals surface area contributed by atoms with Gasteiger partial charge < -0.3 is 11.1 Å². The highest BCUT2D eigenvalue weighted by molar-refractivity contribution is 9.10. The number of nitrogens with two attached hydrogens (primary N) is 1. The molecule has 2 aromatic rings. The fourth-order valence-corrected chi connectivity index (χ4v) is 2.56. The quantitative estimate of drug-likeness (QED) is 0.550. The van der Waals surface area contributed by atoms with Gasteiger partial charge >= 0.3 is 0 Å². The topological polar surface area (TPSA) is 55.1 Å². The Kier molecular flexibility index (Phi) is 4.63. The van der Waals surface area contributed by atoms with Crippen LogP contribution in [0, 0.1) is 18.6 Å². The predicted molar refractivity (Wildman–Crippen MR) is 85.3 cm³/mol. The van der Waals surface area contributed by atoms with Crippen molar-refractivity contribution in [2.24, 2.45) is 0 Å². The van der Waals surface area contributed by atoms with Crippen molar-refractivity contribution < 1.29 is 13.6 Å². The highest BCUT2D eigenvalue weighted by Gasteiger charge is 2.15. The number of anilines is 2. The molecular weight excluding hydrogens is 410 g/mol. The Hall–Kier alpha value is -1.47. The van der Waals surface area contributed by atoms with Gasteiger partial charge in [0, 0.05) is 21.8 Å². The van der Waals surface area contributed by atoms with Gasteiger partial charge in [0.2, 0.25) is 0 Å². The van der Waals surface area contributed by atoms with Crippen LogP contribution in [-0.2, 0) is 0 Å². The number of carbonyl (C=O) groups is 1. The molecule has 0 heterocycles. The molecule has 0 aliphatic carbocycles. The number of benzene rings is 2. The van der Waals surface area contributed by atoms with Crippen LogP contribution in [0.4, 0.5) is 20.2 Å². The molecule has 0 spiro atoms. The molecule has 0 radical (unpaired) electrons. The van der Waals surface area contributed by atoms with Gasteiger partial charge in [0.25, 0.3) is 5.91 Å². The van der Waals surface area contributed by atoms with Crippen LogP contribution in [0.25, 0.3) is 0 Å². The van der Waals surface area contributed by atoms with Gasteiger partial charge in [-0.05, 0) is 46.6 Å². The molecule has 0 aliphatic heterocycles. The molecule has 1 amide bonds. The van der Waals surface area contributed by atoms with E-state index in [4.69, 9.17) is 5.73 Å². The van der Waals surface area contributed by atoms with Crippen molar-refractivity contribution >= 4 is 49.1 Å². The number of rotatable bonds is 2. The normalized spacial score (nSPS) is 10.5. The molecule has 0 bridgehead atoms. The second kappa shape index (κ2) is 6.11. The van der Waals surface area contributed by atoms with E-state index >= 15 is 0 Å². The lowest BCUT2D eigenvalue weighted by atomic mass is 10.1. The smallest absolute Gasteiger partial charge is 0.256 e. The van der Waals surface area contributed by atoms with Gasteiger partial charge in [0.1, 0.15) is 11.6 Å². The van der Waals surface area contributed by atoms with Gasteiger partial charge in [-0.15, -0.1) is 0 Å². The van der Waals surface area contributed by atoms with E-state index in [0.29, 0.717) is 27.4 Å². The summed E-state index contributed by atoms with van der Waals surface area (Å²) in [6, 6.07) is 5.11. The minimum absolute atomic E-state index is 0.0599. The Bertz CT molecular complexity index is 735. The van der Waals surface area contributed by atoms with Crippen LogP contribution in [0.3, 0.4) is 0 Å². The maximum Gasteiger partial charge on any atom is 0.256 e. The van der Waals surface area contributed by atoms with Gasteiger partial charge in [0.15, 0.2) is 0 Å². The zero-order valence-corrected chi connectivity index (χ0v) is 14.0. The van der Waals surface area contributed by atoms with Crippen molar-refractivity contribution in [3.63, 3.8) is 0 Å². The van der Waals surface area contributed by atoms with Crippen molar-refractivity contribution in [1.29, 1.82) is 0 Å². The molecule has 2 aromatic carbocycles. The predicted octanol–water partition coefficient (Wildman–Crippen LogP) is 4.63. The third kappa shape index (κ3) is 3.41. The summed E-state index contributed by atoms with van der Waals surface area (Å²) in [7, 11) is 0. The standard InChI is InChI=1S/C14H10Br2F2N2O/c1-6-8(2-7(15)3-12(6)19)14(21)20-13-4-9(16)10(17)5-11(13)18/h2-5H,19H2,1H3,(H,20,21). The van der Waals surface area contributed by atoms with Crippen LogP contribution in [0.2, 0.25) is 0 Å². The summed E-state index contributed by atoms with van der Waals surface area (Å²) in [5, 5.41) is 2.40. The van der Waals surface area contributed by atoms with Crippen molar-refractivity contribution in [2.75, 3.05) is 11.1 Å². The fraction of sp³-hybridized carbons (Fsp3) is 0.0714. The molecule has 0 aliphatic rings. The third-order valence-corrected chi connectivity index (χ3v) is 3.98. The van der Waals surface area contributed by atoms with Crippen LogP contribution in [0.1, 0.15) is 15.9 Å². The largest absolute Gasteiger partial charge is 0.398 e. The molecule has 0 unspecified atom stereocenters. The highest BCUT2D eigenvalue weighted by atomic mass is 79.9. The van der Waals surface area contributed by atoms with E-state index in [-0.39, 0.29) is 10.2 Å². The Morgan fingerprint density at radius 2 is 1.81 bits per heavy atom. The summed E-state index contributed by atoms with van der Waals surface area (Å²) in [5.74, 6) is -2.13. The van der Waals surface area contributed by atoms with Crippen LogP contribution >= 0.6 is 31.9 Å². The monoisotopic (exact) mass is 418 g/mol. The highest BCUT2D eigenvalue weighted by Crippen LogP contribution is 2.26. The molecule has 0 atom stereocenters. The molecular formula is C14H10Br2F2N2O. The first kappa shape index (κ1) is 15.9. The maximum atomic E-state index is 13.7. The molecule has 0 aromatic heterocycles. The fourth-order valence-electron chi connectivity index (χ4n) is 1.74. The second-order valence-electron chi connectivity index (χ2n) is 4.37. The SMILES string of the molecule is Cc1c(N)cc(Br)cc1C(=O)Nc1cc(Br)c(F)cc1F. The van der Waals surface area contributed by atoms with Gasteiger partial charge in [-0.25, -0.2) is 8.78 Å². The van der Waals surface area contributed by atoms with Gasteiger partial charge in [-0.3, -0.25) is 4.79 Å². The first-order valence-electron chi connectivity index (χ1n) is 5.81. The Labute approximate surface area is 136 Å². The molecule has 110 valence electrons. The van der Waals surface area contributed by atoms with E-state index in [1.54, 1.807) is 19.1 Å². The zero-order chi connectivity index (χ0) is 15.7. The lowest BCUT2D eigenvalue weighted by Gasteiger charge is -2.11. The van der Waals surface area contributed by atoms with Crippen LogP contribution < -0.4 is 11.1 Å². The van der Waals surface area contributed by atoms with Gasteiger partial charge in [-0.2, -0.15) is 0 Å².